The quantitative estimate of drug-likeness (QED) is 0.917. The van der Waals surface area contributed by atoms with Crippen LogP contribution in [0.25, 0.3) is 0 Å². The van der Waals surface area contributed by atoms with Crippen molar-refractivity contribution in [2.24, 2.45) is 5.92 Å². The first-order valence-electron chi connectivity index (χ1n) is 7.35. The Morgan fingerprint density at radius 1 is 1.30 bits per heavy atom. The van der Waals surface area contributed by atoms with Gasteiger partial charge in [0, 0.05) is 42.3 Å². The minimum Gasteiger partial charge on any atom is -0.342 e. The summed E-state index contributed by atoms with van der Waals surface area (Å²) in [5, 5.41) is 3.55. The summed E-state index contributed by atoms with van der Waals surface area (Å²) in [4.78, 5) is 18.4. The van der Waals surface area contributed by atoms with Gasteiger partial charge in [-0.2, -0.15) is 0 Å². The molecule has 5 heteroatoms. The number of piperidine rings is 1. The molecule has 1 aliphatic heterocycles. The fraction of sp³-hybridized carbons (Fsp3) is 0.600. The van der Waals surface area contributed by atoms with Gasteiger partial charge >= 0.3 is 0 Å². The normalized spacial score (nSPS) is 20.1. The van der Waals surface area contributed by atoms with Gasteiger partial charge in [-0.1, -0.05) is 0 Å². The summed E-state index contributed by atoms with van der Waals surface area (Å²) in [5.41, 5.74) is 1.06. The standard InChI is InChI=1S/C15H20BrN3O/c16-12-3-4-14(17-9-12)10-18-13-5-7-19(8-6-13)15(20)11-1-2-11/h3-4,9,11,13,18H,1-2,5-8,10H2. The van der Waals surface area contributed by atoms with Crippen molar-refractivity contribution in [3.05, 3.63) is 28.5 Å². The Hall–Kier alpha value is -0.940. The van der Waals surface area contributed by atoms with E-state index in [0.29, 0.717) is 17.9 Å². The molecule has 2 aliphatic rings. The van der Waals surface area contributed by atoms with Crippen molar-refractivity contribution in [3.63, 3.8) is 0 Å². The van der Waals surface area contributed by atoms with Gasteiger partial charge in [0.05, 0.1) is 5.69 Å². The molecule has 0 unspecified atom stereocenters. The Bertz CT molecular complexity index is 465. The molecule has 0 radical (unpaired) electrons. The number of hydrogen-bond acceptors (Lipinski definition) is 3. The number of amides is 1. The van der Waals surface area contributed by atoms with Crippen LogP contribution in [0.5, 0.6) is 0 Å². The van der Waals surface area contributed by atoms with Gasteiger partial charge in [-0.25, -0.2) is 0 Å². The Balaban J connectivity index is 1.42. The van der Waals surface area contributed by atoms with Gasteiger partial charge in [-0.15, -0.1) is 0 Å². The highest BCUT2D eigenvalue weighted by Gasteiger charge is 2.34. The molecule has 1 aromatic heterocycles. The van der Waals surface area contributed by atoms with E-state index in [1.54, 1.807) is 0 Å². The molecule has 1 aliphatic carbocycles. The van der Waals surface area contributed by atoms with Crippen molar-refractivity contribution in [2.45, 2.75) is 38.3 Å². The maximum atomic E-state index is 12.0. The Labute approximate surface area is 128 Å². The van der Waals surface area contributed by atoms with Crippen molar-refractivity contribution >= 4 is 21.8 Å². The van der Waals surface area contributed by atoms with Crippen molar-refractivity contribution in [1.82, 2.24) is 15.2 Å². The Morgan fingerprint density at radius 2 is 2.05 bits per heavy atom. The number of carbonyl (C=O) groups excluding carboxylic acids is 1. The van der Waals surface area contributed by atoms with Crippen LogP contribution in [-0.2, 0) is 11.3 Å². The number of nitrogens with one attached hydrogen (secondary N) is 1. The van der Waals surface area contributed by atoms with Gasteiger partial charge in [0.2, 0.25) is 5.91 Å². The summed E-state index contributed by atoms with van der Waals surface area (Å²) in [7, 11) is 0. The average Bonchev–Trinajstić information content (AvgIpc) is 3.31. The fourth-order valence-corrected chi connectivity index (χ4v) is 2.89. The van der Waals surface area contributed by atoms with Crippen LogP contribution in [-0.4, -0.2) is 34.9 Å². The first kappa shape index (κ1) is 14.0. The number of pyridine rings is 1. The number of aromatic nitrogens is 1. The zero-order chi connectivity index (χ0) is 13.9. The first-order valence-corrected chi connectivity index (χ1v) is 8.14. The predicted molar refractivity (Wildman–Crippen MR) is 81.1 cm³/mol. The van der Waals surface area contributed by atoms with Gasteiger partial charge in [-0.05, 0) is 53.7 Å². The second-order valence-electron chi connectivity index (χ2n) is 5.72. The summed E-state index contributed by atoms with van der Waals surface area (Å²) < 4.78 is 1.01. The summed E-state index contributed by atoms with van der Waals surface area (Å²) in [6.07, 6.45) is 6.14. The van der Waals surface area contributed by atoms with E-state index in [4.69, 9.17) is 0 Å². The van der Waals surface area contributed by atoms with E-state index >= 15 is 0 Å². The number of carbonyl (C=O) groups is 1. The summed E-state index contributed by atoms with van der Waals surface area (Å²) in [6.45, 7) is 2.61. The predicted octanol–water partition coefficient (Wildman–Crippen LogP) is 2.33. The van der Waals surface area contributed by atoms with E-state index < -0.39 is 0 Å². The molecule has 1 aromatic rings. The minimum absolute atomic E-state index is 0.353. The molecule has 0 atom stereocenters. The van der Waals surface area contributed by atoms with Crippen LogP contribution in [0.1, 0.15) is 31.4 Å². The Morgan fingerprint density at radius 3 is 2.65 bits per heavy atom. The number of nitrogens with zero attached hydrogens (tertiary/aromatic N) is 2. The summed E-state index contributed by atoms with van der Waals surface area (Å²) >= 11 is 3.39. The van der Waals surface area contributed by atoms with Crippen molar-refractivity contribution in [3.8, 4) is 0 Å². The molecule has 20 heavy (non-hydrogen) atoms. The van der Waals surface area contributed by atoms with Crippen LogP contribution in [0.15, 0.2) is 22.8 Å². The van der Waals surface area contributed by atoms with E-state index in [1.807, 2.05) is 23.2 Å². The number of rotatable bonds is 4. The molecule has 0 aromatic carbocycles. The lowest BCUT2D eigenvalue weighted by atomic mass is 10.0. The Kier molecular flexibility index (Phi) is 4.36. The van der Waals surface area contributed by atoms with Crippen LogP contribution in [0.2, 0.25) is 0 Å². The van der Waals surface area contributed by atoms with Gasteiger partial charge in [-0.3, -0.25) is 9.78 Å². The minimum atomic E-state index is 0.353. The van der Waals surface area contributed by atoms with Gasteiger partial charge < -0.3 is 10.2 Å². The van der Waals surface area contributed by atoms with Crippen LogP contribution < -0.4 is 5.32 Å². The topological polar surface area (TPSA) is 45.2 Å². The average molecular weight is 338 g/mol. The first-order chi connectivity index (χ1) is 9.72. The van der Waals surface area contributed by atoms with E-state index in [2.05, 4.69) is 26.2 Å². The third-order valence-corrected chi connectivity index (χ3v) is 4.56. The molecule has 2 heterocycles. The lowest BCUT2D eigenvalue weighted by Gasteiger charge is -2.32. The monoisotopic (exact) mass is 337 g/mol. The smallest absolute Gasteiger partial charge is 0.225 e. The molecule has 108 valence electrons. The molecule has 2 fully saturated rings. The highest BCUT2D eigenvalue weighted by Crippen LogP contribution is 2.31. The lowest BCUT2D eigenvalue weighted by Crippen LogP contribution is -2.45. The van der Waals surface area contributed by atoms with Gasteiger partial charge in [0.25, 0.3) is 0 Å². The van der Waals surface area contributed by atoms with Crippen LogP contribution >= 0.6 is 15.9 Å². The van der Waals surface area contributed by atoms with Crippen LogP contribution in [0.3, 0.4) is 0 Å². The third kappa shape index (κ3) is 3.58. The molecule has 1 saturated heterocycles. The highest BCUT2D eigenvalue weighted by molar-refractivity contribution is 9.10. The SMILES string of the molecule is O=C(C1CC1)N1CCC(NCc2ccc(Br)cn2)CC1. The van der Waals surface area contributed by atoms with Crippen molar-refractivity contribution in [1.29, 1.82) is 0 Å². The van der Waals surface area contributed by atoms with Crippen LogP contribution in [0.4, 0.5) is 0 Å². The summed E-state index contributed by atoms with van der Waals surface area (Å²) in [6, 6.07) is 4.55. The van der Waals surface area contributed by atoms with E-state index in [1.165, 1.54) is 0 Å². The largest absolute Gasteiger partial charge is 0.342 e. The maximum Gasteiger partial charge on any atom is 0.225 e. The molecular formula is C15H20BrN3O. The van der Waals surface area contributed by atoms with Crippen LogP contribution in [0, 0.1) is 5.92 Å². The number of halogens is 1. The highest BCUT2D eigenvalue weighted by atomic mass is 79.9. The second kappa shape index (κ2) is 6.22. The fourth-order valence-electron chi connectivity index (χ4n) is 2.65. The zero-order valence-corrected chi connectivity index (χ0v) is 13.1. The molecule has 4 nitrogen and oxygen atoms in total. The molecular weight excluding hydrogens is 318 g/mol. The van der Waals surface area contributed by atoms with E-state index in [9.17, 15) is 4.79 Å². The maximum absolute atomic E-state index is 12.0. The van der Waals surface area contributed by atoms with Gasteiger partial charge in [0.1, 0.15) is 0 Å². The second-order valence-corrected chi connectivity index (χ2v) is 6.64. The van der Waals surface area contributed by atoms with Crippen molar-refractivity contribution in [2.75, 3.05) is 13.1 Å². The molecule has 1 saturated carbocycles. The lowest BCUT2D eigenvalue weighted by molar-refractivity contribution is -0.133. The molecule has 1 N–H and O–H groups in total. The van der Waals surface area contributed by atoms with E-state index in [-0.39, 0.29) is 0 Å². The zero-order valence-electron chi connectivity index (χ0n) is 11.5. The van der Waals surface area contributed by atoms with Crippen molar-refractivity contribution < 1.29 is 4.79 Å². The molecule has 1 amide bonds. The number of hydrogen-bond donors (Lipinski definition) is 1. The van der Waals surface area contributed by atoms with E-state index in [0.717, 1.165) is 55.5 Å². The molecule has 0 spiro atoms. The van der Waals surface area contributed by atoms with Gasteiger partial charge in [0.15, 0.2) is 0 Å². The third-order valence-electron chi connectivity index (χ3n) is 4.09. The number of likely N-dealkylation sites (tertiary alicyclic amines) is 1. The molecule has 0 bridgehead atoms. The summed E-state index contributed by atoms with van der Waals surface area (Å²) in [5.74, 6) is 0.740. The molecule has 3 rings (SSSR count).